The third kappa shape index (κ3) is 3.85. The Kier molecular flexibility index (Phi) is 4.69. The van der Waals surface area contributed by atoms with Crippen molar-refractivity contribution < 1.29 is 17.9 Å². The summed E-state index contributed by atoms with van der Waals surface area (Å²) < 4.78 is 32.6. The van der Waals surface area contributed by atoms with Crippen molar-refractivity contribution in [1.82, 2.24) is 4.72 Å². The predicted octanol–water partition coefficient (Wildman–Crippen LogP) is 0.138. The molecule has 0 bridgehead atoms. The van der Waals surface area contributed by atoms with Gasteiger partial charge in [0, 0.05) is 18.7 Å². The summed E-state index contributed by atoms with van der Waals surface area (Å²) in [4.78, 5) is 10.7. The predicted molar refractivity (Wildman–Crippen MR) is 78.3 cm³/mol. The van der Waals surface area contributed by atoms with Gasteiger partial charge in [0.25, 0.3) is 0 Å². The van der Waals surface area contributed by atoms with Gasteiger partial charge in [-0.25, -0.2) is 13.1 Å². The van der Waals surface area contributed by atoms with Crippen molar-refractivity contribution in [3.8, 4) is 5.75 Å². The number of nitrogen functional groups attached to an aromatic ring is 1. The molecule has 1 aliphatic heterocycles. The number of anilines is 1. The summed E-state index contributed by atoms with van der Waals surface area (Å²) in [5, 5.41) is 0. The van der Waals surface area contributed by atoms with E-state index >= 15 is 0 Å². The van der Waals surface area contributed by atoms with E-state index in [-0.39, 0.29) is 17.9 Å². The highest BCUT2D eigenvalue weighted by molar-refractivity contribution is 7.89. The summed E-state index contributed by atoms with van der Waals surface area (Å²) in [6, 6.07) is 3.13. The van der Waals surface area contributed by atoms with Crippen molar-refractivity contribution in [2.75, 3.05) is 18.9 Å². The SMILES string of the molecule is NC(=O)CCCNS(=O)(=O)c1cc(N)cc2c1OCCC2. The Morgan fingerprint density at radius 2 is 2.14 bits per heavy atom. The number of rotatable bonds is 6. The summed E-state index contributed by atoms with van der Waals surface area (Å²) in [5.74, 6) is -0.0864. The van der Waals surface area contributed by atoms with Crippen LogP contribution in [0.25, 0.3) is 0 Å². The molecule has 1 aromatic carbocycles. The van der Waals surface area contributed by atoms with Crippen LogP contribution in [0, 0.1) is 0 Å². The number of nitrogens with two attached hydrogens (primary N) is 2. The number of carbonyl (C=O) groups excluding carboxylic acids is 1. The maximum atomic E-state index is 12.3. The van der Waals surface area contributed by atoms with Crippen molar-refractivity contribution in [3.63, 3.8) is 0 Å². The lowest BCUT2D eigenvalue weighted by Crippen LogP contribution is -2.27. The van der Waals surface area contributed by atoms with E-state index in [0.717, 1.165) is 18.4 Å². The van der Waals surface area contributed by atoms with Gasteiger partial charge in [-0.3, -0.25) is 4.79 Å². The Hall–Kier alpha value is -1.80. The van der Waals surface area contributed by atoms with Gasteiger partial charge in [-0.15, -0.1) is 0 Å². The minimum absolute atomic E-state index is 0.0521. The average Bonchev–Trinajstić information content (AvgIpc) is 2.42. The molecule has 0 aliphatic carbocycles. The second-order valence-corrected chi connectivity index (χ2v) is 6.66. The molecule has 0 radical (unpaired) electrons. The second-order valence-electron chi connectivity index (χ2n) is 4.93. The molecule has 2 rings (SSSR count). The number of amides is 1. The number of carbonyl (C=O) groups is 1. The van der Waals surface area contributed by atoms with E-state index < -0.39 is 15.9 Å². The zero-order valence-electron chi connectivity index (χ0n) is 11.6. The van der Waals surface area contributed by atoms with Crippen LogP contribution in [-0.4, -0.2) is 27.5 Å². The van der Waals surface area contributed by atoms with Crippen LogP contribution in [-0.2, 0) is 21.2 Å². The largest absolute Gasteiger partial charge is 0.492 e. The fourth-order valence-corrected chi connectivity index (χ4v) is 3.51. The van der Waals surface area contributed by atoms with Gasteiger partial charge in [-0.05, 0) is 37.0 Å². The van der Waals surface area contributed by atoms with Crippen LogP contribution >= 0.6 is 0 Å². The maximum Gasteiger partial charge on any atom is 0.244 e. The van der Waals surface area contributed by atoms with E-state index in [4.69, 9.17) is 16.2 Å². The van der Waals surface area contributed by atoms with E-state index in [1.54, 1.807) is 6.07 Å². The van der Waals surface area contributed by atoms with Gasteiger partial charge in [0.15, 0.2) is 0 Å². The van der Waals surface area contributed by atoms with Gasteiger partial charge in [-0.2, -0.15) is 0 Å². The van der Waals surface area contributed by atoms with Crippen LogP contribution in [0.4, 0.5) is 5.69 Å². The number of aryl methyl sites for hydroxylation is 1. The average molecular weight is 313 g/mol. The van der Waals surface area contributed by atoms with Crippen LogP contribution in [0.5, 0.6) is 5.75 Å². The molecule has 1 heterocycles. The van der Waals surface area contributed by atoms with Crippen molar-refractivity contribution in [3.05, 3.63) is 17.7 Å². The molecular weight excluding hydrogens is 294 g/mol. The summed E-state index contributed by atoms with van der Waals surface area (Å²) in [6.07, 6.45) is 2.06. The van der Waals surface area contributed by atoms with Gasteiger partial charge in [0.05, 0.1) is 6.61 Å². The fraction of sp³-hybridized carbons (Fsp3) is 0.462. The summed E-state index contributed by atoms with van der Waals surface area (Å²) in [6.45, 7) is 0.621. The van der Waals surface area contributed by atoms with Gasteiger partial charge >= 0.3 is 0 Å². The third-order valence-corrected chi connectivity index (χ3v) is 4.64. The Morgan fingerprint density at radius 1 is 1.38 bits per heavy atom. The van der Waals surface area contributed by atoms with Crippen molar-refractivity contribution in [2.24, 2.45) is 5.73 Å². The minimum atomic E-state index is -3.73. The molecule has 1 aromatic rings. The summed E-state index contributed by atoms with van der Waals surface area (Å²) in [5.41, 5.74) is 12.0. The number of ether oxygens (including phenoxy) is 1. The lowest BCUT2D eigenvalue weighted by Gasteiger charge is -2.21. The summed E-state index contributed by atoms with van der Waals surface area (Å²) in [7, 11) is -3.73. The molecule has 1 amide bonds. The Balaban J connectivity index is 2.19. The number of primary amides is 1. The van der Waals surface area contributed by atoms with Crippen molar-refractivity contribution >= 4 is 21.6 Å². The molecule has 0 saturated carbocycles. The molecule has 0 atom stereocenters. The maximum absolute atomic E-state index is 12.3. The first-order valence-electron chi connectivity index (χ1n) is 6.73. The summed E-state index contributed by atoms with van der Waals surface area (Å²) >= 11 is 0. The normalized spacial score (nSPS) is 14.3. The molecule has 21 heavy (non-hydrogen) atoms. The quantitative estimate of drug-likeness (QED) is 0.509. The molecule has 8 heteroatoms. The van der Waals surface area contributed by atoms with E-state index in [1.165, 1.54) is 6.07 Å². The molecule has 0 fully saturated rings. The lowest BCUT2D eigenvalue weighted by atomic mass is 10.1. The highest BCUT2D eigenvalue weighted by Crippen LogP contribution is 2.34. The Labute approximate surface area is 123 Å². The number of hydrogen-bond donors (Lipinski definition) is 3. The zero-order chi connectivity index (χ0) is 15.5. The first-order chi connectivity index (χ1) is 9.90. The molecule has 0 spiro atoms. The van der Waals surface area contributed by atoms with Crippen molar-refractivity contribution in [1.29, 1.82) is 0 Å². The highest BCUT2D eigenvalue weighted by Gasteiger charge is 2.24. The third-order valence-electron chi connectivity index (χ3n) is 3.17. The topological polar surface area (TPSA) is 125 Å². The Bertz CT molecular complexity index is 643. The Morgan fingerprint density at radius 3 is 2.86 bits per heavy atom. The number of benzene rings is 1. The van der Waals surface area contributed by atoms with E-state index in [2.05, 4.69) is 4.72 Å². The van der Waals surface area contributed by atoms with E-state index in [1.807, 2.05) is 0 Å². The van der Waals surface area contributed by atoms with Crippen LogP contribution < -0.4 is 20.9 Å². The van der Waals surface area contributed by atoms with E-state index in [9.17, 15) is 13.2 Å². The number of sulfonamides is 1. The molecule has 0 saturated heterocycles. The van der Waals surface area contributed by atoms with Gasteiger partial charge in [0.2, 0.25) is 15.9 Å². The molecular formula is C13H19N3O4S. The number of nitrogens with one attached hydrogen (secondary N) is 1. The van der Waals surface area contributed by atoms with Gasteiger partial charge < -0.3 is 16.2 Å². The van der Waals surface area contributed by atoms with Crippen LogP contribution in [0.3, 0.4) is 0 Å². The molecule has 5 N–H and O–H groups in total. The monoisotopic (exact) mass is 313 g/mol. The van der Waals surface area contributed by atoms with Crippen molar-refractivity contribution in [2.45, 2.75) is 30.6 Å². The molecule has 0 aromatic heterocycles. The highest BCUT2D eigenvalue weighted by atomic mass is 32.2. The first-order valence-corrected chi connectivity index (χ1v) is 8.21. The molecule has 7 nitrogen and oxygen atoms in total. The second kappa shape index (κ2) is 6.31. The van der Waals surface area contributed by atoms with Crippen LogP contribution in [0.15, 0.2) is 17.0 Å². The van der Waals surface area contributed by atoms with Crippen LogP contribution in [0.2, 0.25) is 0 Å². The number of fused-ring (bicyclic) bond motifs is 1. The zero-order valence-corrected chi connectivity index (χ0v) is 12.4. The lowest BCUT2D eigenvalue weighted by molar-refractivity contribution is -0.118. The van der Waals surface area contributed by atoms with E-state index in [0.29, 0.717) is 24.5 Å². The standard InChI is InChI=1S/C13H19N3O4S/c14-10-7-9-3-2-6-20-13(9)11(8-10)21(18,19)16-5-1-4-12(15)17/h7-8,16H,1-6,14H2,(H2,15,17). The fourth-order valence-electron chi connectivity index (χ4n) is 2.22. The smallest absolute Gasteiger partial charge is 0.244 e. The van der Waals surface area contributed by atoms with Gasteiger partial charge in [-0.1, -0.05) is 0 Å². The number of hydrogen-bond acceptors (Lipinski definition) is 5. The van der Waals surface area contributed by atoms with Gasteiger partial charge in [0.1, 0.15) is 10.6 Å². The minimum Gasteiger partial charge on any atom is -0.492 e. The van der Waals surface area contributed by atoms with Crippen LogP contribution in [0.1, 0.15) is 24.8 Å². The molecule has 0 unspecified atom stereocenters. The molecule has 116 valence electrons. The molecule has 1 aliphatic rings. The first kappa shape index (κ1) is 15.6.